The average molecular weight is 188 g/mol. The van der Waals surface area contributed by atoms with Gasteiger partial charge in [0.05, 0.1) is 12.6 Å². The molecule has 4 nitrogen and oxygen atoms in total. The SMILES string of the molecule is CCC(CO)NC(=O)C(CC)CN. The number of amides is 1. The van der Waals surface area contributed by atoms with E-state index in [4.69, 9.17) is 10.8 Å². The maximum atomic E-state index is 11.4. The molecule has 13 heavy (non-hydrogen) atoms. The van der Waals surface area contributed by atoms with Crippen molar-refractivity contribution in [2.45, 2.75) is 32.7 Å². The summed E-state index contributed by atoms with van der Waals surface area (Å²) in [5.41, 5.74) is 5.42. The smallest absolute Gasteiger partial charge is 0.224 e. The van der Waals surface area contributed by atoms with Gasteiger partial charge in [-0.3, -0.25) is 4.79 Å². The fourth-order valence-electron chi connectivity index (χ4n) is 1.05. The molecule has 0 radical (unpaired) electrons. The van der Waals surface area contributed by atoms with Gasteiger partial charge in [0.15, 0.2) is 0 Å². The highest BCUT2D eigenvalue weighted by Crippen LogP contribution is 2.01. The van der Waals surface area contributed by atoms with Crippen LogP contribution in [0.15, 0.2) is 0 Å². The average Bonchev–Trinajstić information content (AvgIpc) is 2.16. The Bertz CT molecular complexity index is 143. The largest absolute Gasteiger partial charge is 0.394 e. The van der Waals surface area contributed by atoms with Crippen molar-refractivity contribution in [3.8, 4) is 0 Å². The number of hydrogen-bond donors (Lipinski definition) is 3. The van der Waals surface area contributed by atoms with Gasteiger partial charge in [0.1, 0.15) is 0 Å². The van der Waals surface area contributed by atoms with E-state index in [-0.39, 0.29) is 24.5 Å². The second-order valence-electron chi connectivity index (χ2n) is 3.14. The monoisotopic (exact) mass is 188 g/mol. The van der Waals surface area contributed by atoms with Gasteiger partial charge < -0.3 is 16.2 Å². The van der Waals surface area contributed by atoms with Crippen molar-refractivity contribution < 1.29 is 9.90 Å². The third-order valence-corrected chi connectivity index (χ3v) is 2.21. The Labute approximate surface area is 79.5 Å². The highest BCUT2D eigenvalue weighted by Gasteiger charge is 2.16. The van der Waals surface area contributed by atoms with Crippen molar-refractivity contribution in [1.82, 2.24) is 5.32 Å². The first kappa shape index (κ1) is 12.4. The summed E-state index contributed by atoms with van der Waals surface area (Å²) in [6.07, 6.45) is 1.48. The normalized spacial score (nSPS) is 15.1. The molecule has 0 fully saturated rings. The summed E-state index contributed by atoms with van der Waals surface area (Å²) in [6.45, 7) is 4.20. The fraction of sp³-hybridized carbons (Fsp3) is 0.889. The summed E-state index contributed by atoms with van der Waals surface area (Å²) in [5, 5.41) is 11.6. The number of rotatable bonds is 6. The van der Waals surface area contributed by atoms with Crippen molar-refractivity contribution >= 4 is 5.91 Å². The first-order chi connectivity index (χ1) is 6.19. The Balaban J connectivity index is 3.95. The zero-order valence-electron chi connectivity index (χ0n) is 8.42. The Hall–Kier alpha value is -0.610. The molecule has 0 aromatic rings. The Morgan fingerprint density at radius 1 is 1.46 bits per heavy atom. The summed E-state index contributed by atoms with van der Waals surface area (Å²) in [6, 6.07) is -0.131. The van der Waals surface area contributed by atoms with E-state index in [1.54, 1.807) is 0 Å². The molecule has 0 aliphatic carbocycles. The Kier molecular flexibility index (Phi) is 6.54. The number of carbonyl (C=O) groups excluding carboxylic acids is 1. The van der Waals surface area contributed by atoms with Crippen LogP contribution in [0.4, 0.5) is 0 Å². The minimum absolute atomic E-state index is 0.0107. The first-order valence-electron chi connectivity index (χ1n) is 4.80. The predicted octanol–water partition coefficient (Wildman–Crippen LogP) is -0.142. The topological polar surface area (TPSA) is 75.3 Å². The van der Waals surface area contributed by atoms with E-state index < -0.39 is 0 Å². The molecule has 0 saturated heterocycles. The number of aliphatic hydroxyl groups excluding tert-OH is 1. The first-order valence-corrected chi connectivity index (χ1v) is 4.80. The van der Waals surface area contributed by atoms with Crippen LogP contribution < -0.4 is 11.1 Å². The minimum atomic E-state index is -0.131. The van der Waals surface area contributed by atoms with E-state index in [1.165, 1.54) is 0 Å². The van der Waals surface area contributed by atoms with Crippen molar-refractivity contribution in [1.29, 1.82) is 0 Å². The molecule has 0 aliphatic rings. The van der Waals surface area contributed by atoms with E-state index >= 15 is 0 Å². The molecule has 0 aliphatic heterocycles. The van der Waals surface area contributed by atoms with Crippen LogP contribution in [0.2, 0.25) is 0 Å². The maximum absolute atomic E-state index is 11.4. The van der Waals surface area contributed by atoms with Crippen molar-refractivity contribution in [3.63, 3.8) is 0 Å². The second kappa shape index (κ2) is 6.86. The third kappa shape index (κ3) is 4.24. The van der Waals surface area contributed by atoms with Crippen LogP contribution in [-0.4, -0.2) is 30.2 Å². The van der Waals surface area contributed by atoms with Crippen LogP contribution in [0.25, 0.3) is 0 Å². The van der Waals surface area contributed by atoms with Gasteiger partial charge >= 0.3 is 0 Å². The van der Waals surface area contributed by atoms with E-state index in [0.717, 1.165) is 12.8 Å². The highest BCUT2D eigenvalue weighted by molar-refractivity contribution is 5.79. The summed E-state index contributed by atoms with van der Waals surface area (Å²) in [4.78, 5) is 11.4. The summed E-state index contributed by atoms with van der Waals surface area (Å²) in [5.74, 6) is -0.175. The lowest BCUT2D eigenvalue weighted by molar-refractivity contribution is -0.125. The molecule has 0 saturated carbocycles. The van der Waals surface area contributed by atoms with Crippen LogP contribution in [-0.2, 0) is 4.79 Å². The van der Waals surface area contributed by atoms with Gasteiger partial charge in [-0.05, 0) is 12.8 Å². The molecule has 0 heterocycles. The molecule has 1 amide bonds. The van der Waals surface area contributed by atoms with E-state index in [2.05, 4.69) is 5.32 Å². The Morgan fingerprint density at radius 3 is 2.38 bits per heavy atom. The van der Waals surface area contributed by atoms with Crippen LogP contribution in [0.5, 0.6) is 0 Å². The summed E-state index contributed by atoms with van der Waals surface area (Å²) >= 11 is 0. The molecule has 2 atom stereocenters. The van der Waals surface area contributed by atoms with Crippen LogP contribution in [0.1, 0.15) is 26.7 Å². The number of carbonyl (C=O) groups is 1. The second-order valence-corrected chi connectivity index (χ2v) is 3.14. The Morgan fingerprint density at radius 2 is 2.08 bits per heavy atom. The van der Waals surface area contributed by atoms with Gasteiger partial charge in [0.2, 0.25) is 5.91 Å². The van der Waals surface area contributed by atoms with Crippen molar-refractivity contribution in [2.24, 2.45) is 11.7 Å². The minimum Gasteiger partial charge on any atom is -0.394 e. The molecule has 0 bridgehead atoms. The number of nitrogens with one attached hydrogen (secondary N) is 1. The van der Waals surface area contributed by atoms with Gasteiger partial charge in [0, 0.05) is 12.5 Å². The molecule has 78 valence electrons. The van der Waals surface area contributed by atoms with Gasteiger partial charge in [-0.25, -0.2) is 0 Å². The van der Waals surface area contributed by atoms with E-state index in [0.29, 0.717) is 6.54 Å². The maximum Gasteiger partial charge on any atom is 0.224 e. The van der Waals surface area contributed by atoms with Crippen LogP contribution in [0.3, 0.4) is 0 Å². The molecule has 0 rings (SSSR count). The zero-order valence-corrected chi connectivity index (χ0v) is 8.42. The predicted molar refractivity (Wildman–Crippen MR) is 52.1 cm³/mol. The van der Waals surface area contributed by atoms with Gasteiger partial charge in [0.25, 0.3) is 0 Å². The van der Waals surface area contributed by atoms with Gasteiger partial charge in [-0.15, -0.1) is 0 Å². The molecule has 4 N–H and O–H groups in total. The van der Waals surface area contributed by atoms with Crippen molar-refractivity contribution in [2.75, 3.05) is 13.2 Å². The quantitative estimate of drug-likeness (QED) is 0.543. The molecule has 2 unspecified atom stereocenters. The van der Waals surface area contributed by atoms with Gasteiger partial charge in [-0.1, -0.05) is 13.8 Å². The van der Waals surface area contributed by atoms with Crippen LogP contribution in [0, 0.1) is 5.92 Å². The highest BCUT2D eigenvalue weighted by atomic mass is 16.3. The molecule has 0 spiro atoms. The molecular weight excluding hydrogens is 168 g/mol. The van der Waals surface area contributed by atoms with Crippen molar-refractivity contribution in [3.05, 3.63) is 0 Å². The molecular formula is C9H20N2O2. The fourth-order valence-corrected chi connectivity index (χ4v) is 1.05. The van der Waals surface area contributed by atoms with Crippen LogP contribution >= 0.6 is 0 Å². The van der Waals surface area contributed by atoms with E-state index in [9.17, 15) is 4.79 Å². The third-order valence-electron chi connectivity index (χ3n) is 2.21. The standard InChI is InChI=1S/C9H20N2O2/c1-3-7(5-10)9(13)11-8(4-2)6-12/h7-8,12H,3-6,10H2,1-2H3,(H,11,13). The molecule has 0 aromatic carbocycles. The molecule has 4 heteroatoms. The van der Waals surface area contributed by atoms with E-state index in [1.807, 2.05) is 13.8 Å². The lowest BCUT2D eigenvalue weighted by atomic mass is 10.1. The summed E-state index contributed by atoms with van der Waals surface area (Å²) < 4.78 is 0. The number of aliphatic hydroxyl groups is 1. The van der Waals surface area contributed by atoms with Gasteiger partial charge in [-0.2, -0.15) is 0 Å². The lowest BCUT2D eigenvalue weighted by Crippen LogP contribution is -2.42. The molecule has 0 aromatic heterocycles. The zero-order chi connectivity index (χ0) is 10.3. The number of nitrogens with two attached hydrogens (primary N) is 1. The number of hydrogen-bond acceptors (Lipinski definition) is 3. The lowest BCUT2D eigenvalue weighted by Gasteiger charge is -2.18. The summed E-state index contributed by atoms with van der Waals surface area (Å²) in [7, 11) is 0.